The van der Waals surface area contributed by atoms with Crippen molar-refractivity contribution >= 4 is 45.7 Å². The molecule has 8 nitrogen and oxygen atoms in total. The number of rotatable bonds is 7. The molecule has 0 spiro atoms. The minimum Gasteiger partial charge on any atom is -0.457 e. The average molecular weight is 513 g/mol. The smallest absolute Gasteiger partial charge is 0.345 e. The van der Waals surface area contributed by atoms with Crippen LogP contribution in [0.5, 0.6) is 11.5 Å². The monoisotopic (exact) mass is 512 g/mol. The van der Waals surface area contributed by atoms with Crippen LogP contribution in [0.2, 0.25) is 5.02 Å². The quantitative estimate of drug-likeness (QED) is 0.278. The summed E-state index contributed by atoms with van der Waals surface area (Å²) in [6, 6.07) is 13.9. The number of ether oxygens (including phenoxy) is 2. The summed E-state index contributed by atoms with van der Waals surface area (Å²) in [5.41, 5.74) is -0.0484. The van der Waals surface area contributed by atoms with E-state index in [4.69, 9.17) is 16.3 Å². The number of aromatic nitrogens is 2. The van der Waals surface area contributed by atoms with E-state index in [0.717, 1.165) is 0 Å². The molecule has 1 amide bonds. The number of hydrogen-bond acceptors (Lipinski definition) is 6. The number of anilines is 2. The molecule has 2 aromatic carbocycles. The van der Waals surface area contributed by atoms with Gasteiger partial charge in [0.2, 0.25) is 0 Å². The standard InChI is InChI=1S/C25H19ClF2N4O4/c1-25(12-35-24(27)28)23(34)31-18-11-30-22-19(20(18)32-25)16(10-29-22)21(33)15-8-7-14(9-17(15)26)36-13-5-3-2-4-6-13/h2-11,24,32H,12H2,1H3,(H,29,30)(H,31,34)/t25-/m0/s1. The van der Waals surface area contributed by atoms with Gasteiger partial charge in [0.05, 0.1) is 40.2 Å². The van der Waals surface area contributed by atoms with E-state index >= 15 is 0 Å². The number of para-hydroxylation sites is 1. The van der Waals surface area contributed by atoms with Crippen molar-refractivity contribution in [3.63, 3.8) is 0 Å². The van der Waals surface area contributed by atoms with Gasteiger partial charge >= 0.3 is 6.61 Å². The van der Waals surface area contributed by atoms with E-state index in [0.29, 0.717) is 33.9 Å². The number of hydrogen-bond donors (Lipinski definition) is 3. The SMILES string of the molecule is C[C@@]1(COC(F)F)Nc2c(cnc3[nH]cc(C(=O)c4ccc(Oc5ccccc5)cc4Cl)c23)NC1=O. The van der Waals surface area contributed by atoms with E-state index in [1.807, 2.05) is 18.2 Å². The van der Waals surface area contributed by atoms with Crippen LogP contribution in [0.1, 0.15) is 22.8 Å². The summed E-state index contributed by atoms with van der Waals surface area (Å²) in [6.07, 6.45) is 2.89. The van der Waals surface area contributed by atoms with Gasteiger partial charge in [-0.25, -0.2) is 4.98 Å². The van der Waals surface area contributed by atoms with Crippen molar-refractivity contribution < 1.29 is 27.8 Å². The molecule has 0 saturated heterocycles. The van der Waals surface area contributed by atoms with E-state index in [9.17, 15) is 18.4 Å². The van der Waals surface area contributed by atoms with Crippen LogP contribution in [0.25, 0.3) is 11.0 Å². The highest BCUT2D eigenvalue weighted by molar-refractivity contribution is 6.36. The van der Waals surface area contributed by atoms with E-state index in [1.165, 1.54) is 19.3 Å². The third-order valence-electron chi connectivity index (χ3n) is 5.76. The summed E-state index contributed by atoms with van der Waals surface area (Å²) >= 11 is 6.45. The summed E-state index contributed by atoms with van der Waals surface area (Å²) in [7, 11) is 0. The van der Waals surface area contributed by atoms with Gasteiger partial charge in [-0.2, -0.15) is 8.78 Å². The van der Waals surface area contributed by atoms with E-state index in [2.05, 4.69) is 25.3 Å². The van der Waals surface area contributed by atoms with Gasteiger partial charge < -0.3 is 25.1 Å². The Morgan fingerprint density at radius 3 is 2.64 bits per heavy atom. The number of halogens is 3. The first-order chi connectivity index (χ1) is 17.2. The Balaban J connectivity index is 1.50. The molecule has 3 N–H and O–H groups in total. The number of carbonyl (C=O) groups excluding carboxylic acids is 2. The number of benzene rings is 2. The van der Waals surface area contributed by atoms with Gasteiger partial charge in [0.1, 0.15) is 22.7 Å². The van der Waals surface area contributed by atoms with Gasteiger partial charge in [-0.05, 0) is 31.2 Å². The van der Waals surface area contributed by atoms with Gasteiger partial charge in [0.15, 0.2) is 5.78 Å². The van der Waals surface area contributed by atoms with E-state index in [1.54, 1.807) is 30.3 Å². The average Bonchev–Trinajstić information content (AvgIpc) is 3.29. The first-order valence-corrected chi connectivity index (χ1v) is 11.2. The number of carbonyl (C=O) groups is 2. The molecule has 0 unspecified atom stereocenters. The zero-order valence-electron chi connectivity index (χ0n) is 18.8. The second-order valence-electron chi connectivity index (χ2n) is 8.34. The third kappa shape index (κ3) is 4.36. The highest BCUT2D eigenvalue weighted by Crippen LogP contribution is 2.39. The Hall–Kier alpha value is -4.02. The fourth-order valence-corrected chi connectivity index (χ4v) is 4.19. The van der Waals surface area contributed by atoms with Crippen LogP contribution in [0.3, 0.4) is 0 Å². The minimum absolute atomic E-state index is 0.178. The van der Waals surface area contributed by atoms with Crippen LogP contribution >= 0.6 is 11.6 Å². The Labute approximate surface area is 208 Å². The number of nitrogens with zero attached hydrogens (tertiary/aromatic N) is 1. The van der Waals surface area contributed by atoms with Gasteiger partial charge in [-0.15, -0.1) is 0 Å². The Morgan fingerprint density at radius 2 is 1.92 bits per heavy atom. The van der Waals surface area contributed by atoms with Crippen molar-refractivity contribution in [1.82, 2.24) is 9.97 Å². The molecule has 1 aliphatic rings. The van der Waals surface area contributed by atoms with Crippen LogP contribution in [-0.4, -0.2) is 40.4 Å². The Morgan fingerprint density at radius 1 is 1.14 bits per heavy atom. The molecule has 11 heteroatoms. The number of alkyl halides is 2. The summed E-state index contributed by atoms with van der Waals surface area (Å²) in [6.45, 7) is -2.21. The fourth-order valence-electron chi connectivity index (χ4n) is 3.94. The van der Waals surface area contributed by atoms with Crippen LogP contribution in [0.15, 0.2) is 60.9 Å². The fraction of sp³-hybridized carbons (Fsp3) is 0.160. The molecule has 1 aliphatic heterocycles. The van der Waals surface area contributed by atoms with E-state index < -0.39 is 30.4 Å². The highest BCUT2D eigenvalue weighted by atomic mass is 35.5. The van der Waals surface area contributed by atoms with Crippen molar-refractivity contribution in [2.24, 2.45) is 0 Å². The van der Waals surface area contributed by atoms with Crippen LogP contribution in [-0.2, 0) is 9.53 Å². The number of pyridine rings is 1. The highest BCUT2D eigenvalue weighted by Gasteiger charge is 2.40. The predicted octanol–water partition coefficient (Wildman–Crippen LogP) is 5.60. The second kappa shape index (κ2) is 9.21. The van der Waals surface area contributed by atoms with Crippen LogP contribution in [0, 0.1) is 0 Å². The van der Waals surface area contributed by atoms with E-state index in [-0.39, 0.29) is 16.1 Å². The Kier molecular flexibility index (Phi) is 6.07. The third-order valence-corrected chi connectivity index (χ3v) is 6.07. The largest absolute Gasteiger partial charge is 0.457 e. The van der Waals surface area contributed by atoms with Crippen molar-refractivity contribution in [2.45, 2.75) is 19.1 Å². The van der Waals surface area contributed by atoms with Crippen molar-refractivity contribution in [3.05, 3.63) is 77.1 Å². The number of fused-ring (bicyclic) bond motifs is 3. The first kappa shape index (κ1) is 23.7. The lowest BCUT2D eigenvalue weighted by molar-refractivity contribution is -0.146. The lowest BCUT2D eigenvalue weighted by Crippen LogP contribution is -2.53. The first-order valence-electron chi connectivity index (χ1n) is 10.8. The maximum absolute atomic E-state index is 13.5. The topological polar surface area (TPSA) is 105 Å². The van der Waals surface area contributed by atoms with Gasteiger partial charge in [0.25, 0.3) is 5.91 Å². The van der Waals surface area contributed by atoms with Crippen LogP contribution in [0.4, 0.5) is 20.2 Å². The predicted molar refractivity (Wildman–Crippen MR) is 130 cm³/mol. The molecule has 0 aliphatic carbocycles. The zero-order valence-corrected chi connectivity index (χ0v) is 19.5. The molecule has 0 saturated carbocycles. The molecular formula is C25H19ClF2N4O4. The summed E-state index contributed by atoms with van der Waals surface area (Å²) in [5.74, 6) is 0.100. The molecule has 5 rings (SSSR count). The summed E-state index contributed by atoms with van der Waals surface area (Å²) < 4.78 is 35.5. The normalized spacial score (nSPS) is 17.0. The molecule has 36 heavy (non-hydrogen) atoms. The summed E-state index contributed by atoms with van der Waals surface area (Å²) in [5, 5.41) is 6.17. The molecular weight excluding hydrogens is 494 g/mol. The maximum Gasteiger partial charge on any atom is 0.345 e. The van der Waals surface area contributed by atoms with Crippen molar-refractivity contribution in [3.8, 4) is 11.5 Å². The van der Waals surface area contributed by atoms with Gasteiger partial charge in [-0.3, -0.25) is 9.59 Å². The Bertz CT molecular complexity index is 1480. The minimum atomic E-state index is -3.05. The zero-order chi connectivity index (χ0) is 25.4. The number of aromatic amines is 1. The van der Waals surface area contributed by atoms with Crippen molar-refractivity contribution in [1.29, 1.82) is 0 Å². The summed E-state index contributed by atoms with van der Waals surface area (Å²) in [4.78, 5) is 33.3. The van der Waals surface area contributed by atoms with Gasteiger partial charge in [0, 0.05) is 17.8 Å². The molecule has 0 bridgehead atoms. The maximum atomic E-state index is 13.5. The lowest BCUT2D eigenvalue weighted by Gasteiger charge is -2.35. The molecule has 4 aromatic rings. The molecule has 0 radical (unpaired) electrons. The molecule has 184 valence electrons. The van der Waals surface area contributed by atoms with Crippen LogP contribution < -0.4 is 15.4 Å². The van der Waals surface area contributed by atoms with Gasteiger partial charge in [-0.1, -0.05) is 29.8 Å². The number of ketones is 1. The van der Waals surface area contributed by atoms with Crippen molar-refractivity contribution in [2.75, 3.05) is 17.2 Å². The molecule has 3 heterocycles. The number of amides is 1. The number of nitrogens with one attached hydrogen (secondary N) is 3. The number of H-pyrrole nitrogens is 1. The second-order valence-corrected chi connectivity index (χ2v) is 8.75. The molecule has 2 aromatic heterocycles. The molecule has 0 fully saturated rings. The molecule has 1 atom stereocenters. The lowest BCUT2D eigenvalue weighted by atomic mass is 9.96.